The first-order valence-electron chi connectivity index (χ1n) is 11.1. The summed E-state index contributed by atoms with van der Waals surface area (Å²) in [6.07, 6.45) is 1.85. The van der Waals surface area contributed by atoms with Crippen LogP contribution >= 0.6 is 124 Å². The van der Waals surface area contributed by atoms with Gasteiger partial charge in [0.05, 0.1) is 13.0 Å². The zero-order chi connectivity index (χ0) is 29.2. The molecule has 0 amide bonds. The highest BCUT2D eigenvalue weighted by atomic mass is 79.9. The van der Waals surface area contributed by atoms with Crippen molar-refractivity contribution < 1.29 is 17.9 Å². The van der Waals surface area contributed by atoms with Crippen LogP contribution in [0.5, 0.6) is 0 Å². The summed E-state index contributed by atoms with van der Waals surface area (Å²) in [5.74, 6) is 0.555. The highest BCUT2D eigenvalue weighted by Crippen LogP contribution is 3.16. The molecule has 2 aliphatic rings. The van der Waals surface area contributed by atoms with Gasteiger partial charge in [-0.25, -0.2) is 0 Å². The molecule has 220 valence electrons. The summed E-state index contributed by atoms with van der Waals surface area (Å²) in [5.41, 5.74) is 1.14. The Kier molecular flexibility index (Phi) is 21.7. The van der Waals surface area contributed by atoms with Gasteiger partial charge in [0.2, 0.25) is 0 Å². The second kappa shape index (κ2) is 20.5. The number of carbonyl (C=O) groups excluding carboxylic acids is 1. The molecule has 8 atom stereocenters. The van der Waals surface area contributed by atoms with Crippen LogP contribution in [0.4, 0.5) is 5.69 Å². The first-order valence-corrected chi connectivity index (χ1v) is 35.0. The van der Waals surface area contributed by atoms with E-state index in [0.29, 0.717) is 19.0 Å². The van der Waals surface area contributed by atoms with E-state index < -0.39 is 9.24 Å². The highest BCUT2D eigenvalue weighted by Gasteiger charge is 2.33. The van der Waals surface area contributed by atoms with Crippen molar-refractivity contribution in [2.75, 3.05) is 38.2 Å². The summed E-state index contributed by atoms with van der Waals surface area (Å²) in [4.78, 5) is 13.3. The number of hydrogen-bond donors (Lipinski definition) is 0. The van der Waals surface area contributed by atoms with Gasteiger partial charge in [-0.2, -0.15) is 12.7 Å². The molecule has 8 unspecified atom stereocenters. The highest BCUT2D eigenvalue weighted by molar-refractivity contribution is 9.21. The number of methoxy groups -OCH3 is 1. The van der Waals surface area contributed by atoms with Gasteiger partial charge < -0.3 is 9.64 Å². The largest absolute Gasteiger partial charge is 0.469 e. The van der Waals surface area contributed by atoms with Gasteiger partial charge in [0, 0.05) is 47.0 Å². The molecule has 0 radical (unpaired) electrons. The lowest BCUT2D eigenvalue weighted by Gasteiger charge is -2.39. The maximum Gasteiger partial charge on any atom is 0.312 e. The number of esters is 1. The Labute approximate surface area is 263 Å². The maximum atomic E-state index is 11.2. The lowest BCUT2D eigenvalue weighted by Crippen LogP contribution is -2.50. The van der Waals surface area contributed by atoms with E-state index in [9.17, 15) is 13.2 Å². The van der Waals surface area contributed by atoms with Crippen molar-refractivity contribution in [1.82, 2.24) is 4.31 Å². The number of carbonyl (C=O) groups is 1. The van der Waals surface area contributed by atoms with E-state index in [1.54, 1.807) is 0 Å². The fraction of sp³-hybridized carbons (Fsp3) is 0.588. The Morgan fingerprint density at radius 1 is 1.03 bits per heavy atom. The molecule has 0 aromatic heterocycles. The first kappa shape index (κ1) is 40.4. The molecule has 1 aromatic carbocycles. The molecule has 38 heavy (non-hydrogen) atoms. The number of rotatable bonds is 7. The molecule has 6 nitrogen and oxygen atoms in total. The standard InChI is InChI=1S/C11H12BrNO2.C6H12ClNO2S.H14P12/c1-15-11(14)8-6-13(7-8)10-4-2-3-9(12)5-10;1-6-2-4-8(5-3-6)11(7,9)10;1-8(2)11(7)12(9(3)4)10(5)6/h2-5,8H,6-7H2,1H3;6H,2-5H2,1H3;1-7H2. The summed E-state index contributed by atoms with van der Waals surface area (Å²) in [6, 6.07) is 8.07. The van der Waals surface area contributed by atoms with Gasteiger partial charge in [0.25, 0.3) is 9.24 Å². The molecule has 0 aliphatic carbocycles. The predicted molar refractivity (Wildman–Crippen MR) is 209 cm³/mol. The van der Waals surface area contributed by atoms with Crippen LogP contribution in [0.1, 0.15) is 19.8 Å². The Morgan fingerprint density at radius 2 is 1.55 bits per heavy atom. The molecular weight excluding hydrogens is 815 g/mol. The van der Waals surface area contributed by atoms with Crippen LogP contribution in [0.15, 0.2) is 28.7 Å². The minimum Gasteiger partial charge on any atom is -0.469 e. The molecule has 21 heteroatoms. The number of anilines is 1. The van der Waals surface area contributed by atoms with Crippen molar-refractivity contribution in [2.24, 2.45) is 11.8 Å². The second-order valence-corrected chi connectivity index (χ2v) is 56.7. The Bertz CT molecular complexity index is 964. The van der Waals surface area contributed by atoms with E-state index in [-0.39, 0.29) is 46.8 Å². The molecule has 0 N–H and O–H groups in total. The normalized spacial score (nSPS) is 18.0. The van der Waals surface area contributed by atoms with Crippen molar-refractivity contribution in [1.29, 1.82) is 0 Å². The molecule has 2 heterocycles. The lowest BCUT2D eigenvalue weighted by molar-refractivity contribution is -0.146. The fourth-order valence-electron chi connectivity index (χ4n) is 3.30. The third-order valence-corrected chi connectivity index (χ3v) is 74.2. The number of piperidine rings is 1. The molecule has 3 rings (SSSR count). The average Bonchev–Trinajstić information content (AvgIpc) is 2.78. The number of ether oxygens (including phenoxy) is 1. The Hall–Kier alpha value is 4.33. The predicted octanol–water partition coefficient (Wildman–Crippen LogP) is 9.85. The number of halogens is 2. The zero-order valence-electron chi connectivity index (χ0n) is 21.2. The molecule has 1 aromatic rings. The molecular formula is C17H38BrClN2O4P12S. The van der Waals surface area contributed by atoms with Crippen LogP contribution in [0, 0.1) is 11.8 Å². The summed E-state index contributed by atoms with van der Waals surface area (Å²) in [6.45, 7) is 5.48. The molecule has 2 fully saturated rings. The van der Waals surface area contributed by atoms with Crippen molar-refractivity contribution in [3.8, 4) is 0 Å². The van der Waals surface area contributed by atoms with E-state index in [1.807, 2.05) is 24.3 Å². The van der Waals surface area contributed by atoms with E-state index in [4.69, 9.17) is 10.7 Å². The zero-order valence-corrected chi connectivity index (χ0v) is 36.9. The third kappa shape index (κ3) is 15.1. The minimum atomic E-state index is -3.44. The van der Waals surface area contributed by atoms with E-state index in [0.717, 1.165) is 36.1 Å². The smallest absolute Gasteiger partial charge is 0.312 e. The minimum absolute atomic E-state index is 0.0361. The summed E-state index contributed by atoms with van der Waals surface area (Å²) in [7, 11) is 24.2. The third-order valence-electron chi connectivity index (χ3n) is 5.47. The number of nitrogens with zero attached hydrogens (tertiary/aromatic N) is 2. The first-order chi connectivity index (χ1) is 17.6. The maximum absolute atomic E-state index is 11.2. The van der Waals surface area contributed by atoms with Gasteiger partial charge in [-0.05, 0) is 71.9 Å². The number of benzene rings is 1. The SMILES string of the molecule is CC1CCN(S(=O)(=O)Cl)CC1.COC(=O)C1CN(c2cccc(Br)c2)C1.PP(P)P(P)P(P(P)P)P(P)P. The van der Waals surface area contributed by atoms with Crippen molar-refractivity contribution in [3.63, 3.8) is 0 Å². The van der Waals surface area contributed by atoms with Crippen LogP contribution in [0.2, 0.25) is 0 Å². The molecule has 0 spiro atoms. The lowest BCUT2D eigenvalue weighted by atomic mass is 9.99. The van der Waals surface area contributed by atoms with Gasteiger partial charge in [0.1, 0.15) is 0 Å². The monoisotopic (exact) mass is 852 g/mol. The van der Waals surface area contributed by atoms with Gasteiger partial charge >= 0.3 is 5.97 Å². The number of hydrogen-bond acceptors (Lipinski definition) is 5. The van der Waals surface area contributed by atoms with E-state index in [1.165, 1.54) is 11.4 Å². The van der Waals surface area contributed by atoms with Crippen LogP contribution < -0.4 is 4.90 Å². The van der Waals surface area contributed by atoms with Gasteiger partial charge in [-0.3, -0.25) is 4.79 Å². The van der Waals surface area contributed by atoms with Crippen LogP contribution in [-0.4, -0.2) is 52.0 Å². The van der Waals surface area contributed by atoms with Crippen molar-refractivity contribution in [2.45, 2.75) is 19.8 Å². The van der Waals surface area contributed by atoms with Crippen LogP contribution in [0.3, 0.4) is 0 Å². The van der Waals surface area contributed by atoms with Crippen LogP contribution in [0.25, 0.3) is 0 Å². The summed E-state index contributed by atoms with van der Waals surface area (Å²) in [5, 5.41) is 0. The average molecular weight is 854 g/mol. The van der Waals surface area contributed by atoms with Crippen LogP contribution in [-0.2, 0) is 18.8 Å². The topological polar surface area (TPSA) is 66.9 Å². The molecule has 2 saturated heterocycles. The fourth-order valence-corrected chi connectivity index (χ4v) is 107. The molecule has 0 bridgehead atoms. The van der Waals surface area contributed by atoms with Gasteiger partial charge in [-0.1, -0.05) is 28.9 Å². The van der Waals surface area contributed by atoms with Crippen molar-refractivity contribution in [3.05, 3.63) is 28.7 Å². The summed E-state index contributed by atoms with van der Waals surface area (Å²) >= 11 is 3.42. The summed E-state index contributed by atoms with van der Waals surface area (Å²) < 4.78 is 28.6. The molecule has 0 saturated carbocycles. The van der Waals surface area contributed by atoms with Gasteiger partial charge in [-0.15, -0.1) is 62.5 Å². The van der Waals surface area contributed by atoms with E-state index in [2.05, 4.69) is 95.0 Å². The Balaban J connectivity index is 0.000000290. The molecule has 2 aliphatic heterocycles. The van der Waals surface area contributed by atoms with E-state index >= 15 is 0 Å². The second-order valence-electron chi connectivity index (χ2n) is 8.36. The van der Waals surface area contributed by atoms with Crippen molar-refractivity contribution >= 4 is 145 Å². The quantitative estimate of drug-likeness (QED) is 0.155. The Morgan fingerprint density at radius 3 is 1.92 bits per heavy atom. The van der Waals surface area contributed by atoms with Gasteiger partial charge in [0.15, 0.2) is 0 Å².